The maximum Gasteiger partial charge on any atom is 0.136 e. The van der Waals surface area contributed by atoms with Crippen LogP contribution in [-0.2, 0) is 0 Å². The lowest BCUT2D eigenvalue weighted by Crippen LogP contribution is -2.02. The van der Waals surface area contributed by atoms with E-state index in [1.807, 2.05) is 78.9 Å². The molecule has 5 nitrogen and oxygen atoms in total. The van der Waals surface area contributed by atoms with E-state index in [1.54, 1.807) is 0 Å². The van der Waals surface area contributed by atoms with Crippen LogP contribution < -0.4 is 0 Å². The fourth-order valence-corrected chi connectivity index (χ4v) is 7.70. The molecule has 49 heavy (non-hydrogen) atoms. The highest BCUT2D eigenvalue weighted by atomic mass is 16.3. The Morgan fingerprint density at radius 1 is 0.449 bits per heavy atom. The van der Waals surface area contributed by atoms with E-state index >= 15 is 0 Å². The van der Waals surface area contributed by atoms with Gasteiger partial charge in [0.2, 0.25) is 0 Å². The third-order valence-corrected chi connectivity index (χ3v) is 9.75. The first-order valence-electron chi connectivity index (χ1n) is 16.1. The van der Waals surface area contributed by atoms with Gasteiger partial charge in [-0.2, -0.15) is 10.5 Å². The molecule has 7 aromatic carbocycles. The Bertz CT molecular complexity index is 3030. The number of nitriles is 2. The second-order valence-electron chi connectivity index (χ2n) is 12.4. The van der Waals surface area contributed by atoms with Gasteiger partial charge in [0.15, 0.2) is 0 Å². The summed E-state index contributed by atoms with van der Waals surface area (Å²) in [5.74, 6) is 0. The molecule has 0 unspecified atom stereocenters. The molecule has 0 atom stereocenters. The zero-order valence-corrected chi connectivity index (χ0v) is 26.1. The molecule has 0 radical (unpaired) electrons. The fourth-order valence-electron chi connectivity index (χ4n) is 7.70. The van der Waals surface area contributed by atoms with Crippen LogP contribution in [0.1, 0.15) is 11.1 Å². The van der Waals surface area contributed by atoms with Gasteiger partial charge in [0, 0.05) is 43.6 Å². The third kappa shape index (κ3) is 3.85. The Morgan fingerprint density at radius 2 is 1.08 bits per heavy atom. The first kappa shape index (κ1) is 27.1. The molecule has 0 aliphatic carbocycles. The van der Waals surface area contributed by atoms with E-state index in [9.17, 15) is 10.5 Å². The van der Waals surface area contributed by atoms with Crippen LogP contribution in [0, 0.1) is 22.7 Å². The number of fused-ring (bicyclic) bond motifs is 9. The maximum absolute atomic E-state index is 10.5. The van der Waals surface area contributed by atoms with E-state index in [0.717, 1.165) is 88.1 Å². The van der Waals surface area contributed by atoms with Crippen molar-refractivity contribution < 1.29 is 4.42 Å². The van der Waals surface area contributed by atoms with Gasteiger partial charge in [-0.1, -0.05) is 84.9 Å². The molecule has 0 bridgehead atoms. The Labute approximate surface area is 280 Å². The highest BCUT2D eigenvalue weighted by Gasteiger charge is 2.21. The summed E-state index contributed by atoms with van der Waals surface area (Å²) in [4.78, 5) is 0. The highest BCUT2D eigenvalue weighted by Crippen LogP contribution is 2.41. The molecule has 0 aliphatic rings. The molecule has 0 N–H and O–H groups in total. The molecule has 0 spiro atoms. The number of nitrogens with zero attached hydrogens (tertiary/aromatic N) is 4. The van der Waals surface area contributed by atoms with Gasteiger partial charge in [-0.15, -0.1) is 0 Å². The monoisotopic (exact) mass is 624 g/mol. The summed E-state index contributed by atoms with van der Waals surface area (Å²) in [6, 6.07) is 54.1. The van der Waals surface area contributed by atoms with Crippen LogP contribution in [-0.4, -0.2) is 9.13 Å². The minimum atomic E-state index is 0.531. The predicted octanol–water partition coefficient (Wildman–Crippen LogP) is 11.2. The van der Waals surface area contributed by atoms with Crippen LogP contribution in [0.3, 0.4) is 0 Å². The molecular formula is C44H24N4O. The zero-order chi connectivity index (χ0) is 32.6. The topological polar surface area (TPSA) is 70.6 Å². The standard InChI is InChI=1S/C44H24N4O/c45-25-27-20-29(31-15-9-10-28(26-46)44(31)48-39-17-6-1-11-32(39)33-12-2-7-18-40(33)48)22-30(21-27)47-38-16-5-3-13-34(38)36-24-43-37(23-41(36)47)35-14-4-8-19-42(35)49-43/h1-24H. The average Bonchev–Trinajstić information content (AvgIpc) is 3.80. The molecule has 3 aromatic heterocycles. The van der Waals surface area contributed by atoms with Crippen molar-refractivity contribution in [2.75, 3.05) is 0 Å². The van der Waals surface area contributed by atoms with Gasteiger partial charge >= 0.3 is 0 Å². The third-order valence-electron chi connectivity index (χ3n) is 9.75. The lowest BCUT2D eigenvalue weighted by atomic mass is 9.97. The van der Waals surface area contributed by atoms with Gasteiger partial charge in [0.1, 0.15) is 17.2 Å². The minimum absolute atomic E-state index is 0.531. The SMILES string of the molecule is N#Cc1cc(-c2cccc(C#N)c2-n2c3ccccc3c3ccccc32)cc(-n2c3ccccc3c3cc4oc5ccccc5c4cc32)c1. The molecule has 0 fully saturated rings. The van der Waals surface area contributed by atoms with Crippen molar-refractivity contribution in [2.45, 2.75) is 0 Å². The number of furan rings is 1. The largest absolute Gasteiger partial charge is 0.456 e. The summed E-state index contributed by atoms with van der Waals surface area (Å²) < 4.78 is 10.7. The quantitative estimate of drug-likeness (QED) is 0.196. The summed E-state index contributed by atoms with van der Waals surface area (Å²) in [7, 11) is 0. The van der Waals surface area contributed by atoms with E-state index in [1.165, 1.54) is 0 Å². The van der Waals surface area contributed by atoms with Crippen LogP contribution >= 0.6 is 0 Å². The second-order valence-corrected chi connectivity index (χ2v) is 12.4. The summed E-state index contributed by atoms with van der Waals surface area (Å²) in [6.45, 7) is 0. The Morgan fingerprint density at radius 3 is 1.78 bits per heavy atom. The van der Waals surface area contributed by atoms with E-state index < -0.39 is 0 Å². The highest BCUT2D eigenvalue weighted by molar-refractivity contribution is 6.17. The Kier molecular flexibility index (Phi) is 5.64. The average molecular weight is 625 g/mol. The van der Waals surface area contributed by atoms with Crippen LogP contribution in [0.25, 0.3) is 88.1 Å². The molecule has 0 saturated heterocycles. The molecule has 5 heteroatoms. The second kappa shape index (κ2) is 10.2. The van der Waals surface area contributed by atoms with Crippen LogP contribution in [0.15, 0.2) is 150 Å². The fraction of sp³-hybridized carbons (Fsp3) is 0. The number of para-hydroxylation sites is 5. The van der Waals surface area contributed by atoms with Crippen LogP contribution in [0.4, 0.5) is 0 Å². The summed E-state index contributed by atoms with van der Waals surface area (Å²) in [5.41, 5.74) is 10.2. The van der Waals surface area contributed by atoms with Crippen molar-refractivity contribution in [2.24, 2.45) is 0 Å². The first-order chi connectivity index (χ1) is 24.2. The lowest BCUT2D eigenvalue weighted by Gasteiger charge is -2.17. The molecule has 10 rings (SSSR count). The molecular weight excluding hydrogens is 601 g/mol. The molecule has 0 saturated carbocycles. The number of aromatic nitrogens is 2. The van der Waals surface area contributed by atoms with Gasteiger partial charge in [0.05, 0.1) is 45.0 Å². The smallest absolute Gasteiger partial charge is 0.136 e. The van der Waals surface area contributed by atoms with E-state index in [2.05, 4.69) is 88.0 Å². The summed E-state index contributed by atoms with van der Waals surface area (Å²) in [5, 5.41) is 27.4. The summed E-state index contributed by atoms with van der Waals surface area (Å²) >= 11 is 0. The van der Waals surface area contributed by atoms with Crippen molar-refractivity contribution >= 4 is 65.6 Å². The van der Waals surface area contributed by atoms with Gasteiger partial charge in [-0.3, -0.25) is 0 Å². The van der Waals surface area contributed by atoms with Gasteiger partial charge in [-0.25, -0.2) is 0 Å². The summed E-state index contributed by atoms with van der Waals surface area (Å²) in [6.07, 6.45) is 0. The Hall–Kier alpha value is -7.08. The van der Waals surface area contributed by atoms with Crippen molar-refractivity contribution in [3.8, 4) is 34.6 Å². The van der Waals surface area contributed by atoms with Crippen LogP contribution in [0.5, 0.6) is 0 Å². The number of hydrogen-bond acceptors (Lipinski definition) is 3. The van der Waals surface area contributed by atoms with Crippen molar-refractivity contribution in [1.82, 2.24) is 9.13 Å². The van der Waals surface area contributed by atoms with Crippen molar-refractivity contribution in [3.63, 3.8) is 0 Å². The lowest BCUT2D eigenvalue weighted by molar-refractivity contribution is 0.669. The molecule has 0 aliphatic heterocycles. The zero-order valence-electron chi connectivity index (χ0n) is 26.1. The van der Waals surface area contributed by atoms with Crippen molar-refractivity contribution in [3.05, 3.63) is 157 Å². The minimum Gasteiger partial charge on any atom is -0.456 e. The van der Waals surface area contributed by atoms with Crippen LogP contribution in [0.2, 0.25) is 0 Å². The molecule has 10 aromatic rings. The number of benzene rings is 7. The predicted molar refractivity (Wildman–Crippen MR) is 197 cm³/mol. The van der Waals surface area contributed by atoms with E-state index in [4.69, 9.17) is 4.42 Å². The molecule has 226 valence electrons. The van der Waals surface area contributed by atoms with E-state index in [0.29, 0.717) is 11.1 Å². The Balaban J connectivity index is 1.29. The first-order valence-corrected chi connectivity index (χ1v) is 16.1. The van der Waals surface area contributed by atoms with Crippen molar-refractivity contribution in [1.29, 1.82) is 10.5 Å². The number of rotatable bonds is 3. The molecule has 3 heterocycles. The van der Waals surface area contributed by atoms with E-state index in [-0.39, 0.29) is 0 Å². The van der Waals surface area contributed by atoms with Gasteiger partial charge < -0.3 is 13.6 Å². The maximum atomic E-state index is 10.5. The van der Waals surface area contributed by atoms with Gasteiger partial charge in [0.25, 0.3) is 0 Å². The normalized spacial score (nSPS) is 11.6. The number of hydrogen-bond donors (Lipinski definition) is 0. The van der Waals surface area contributed by atoms with Gasteiger partial charge in [-0.05, 0) is 66.2 Å². The molecule has 0 amide bonds.